The van der Waals surface area contributed by atoms with E-state index in [0.717, 1.165) is 20.9 Å². The summed E-state index contributed by atoms with van der Waals surface area (Å²) >= 11 is 3.42. The maximum Gasteiger partial charge on any atom is 0.210 e. The molecule has 4 nitrogen and oxygen atoms in total. The van der Waals surface area contributed by atoms with E-state index in [2.05, 4.69) is 21.2 Å². The van der Waals surface area contributed by atoms with Crippen LogP contribution in [0.3, 0.4) is 0 Å². The predicted molar refractivity (Wildman–Crippen MR) is 78.1 cm³/mol. The number of anilines is 1. The summed E-state index contributed by atoms with van der Waals surface area (Å²) in [5, 5.41) is 10.2. The molecule has 0 aromatic heterocycles. The van der Waals surface area contributed by atoms with E-state index in [-0.39, 0.29) is 5.75 Å². The Kier molecular flexibility index (Phi) is 3.89. The Bertz CT molecular complexity index is 671. The van der Waals surface area contributed by atoms with E-state index in [9.17, 15) is 8.42 Å². The minimum Gasteiger partial charge on any atom is -0.384 e. The molecule has 0 saturated carbocycles. The summed E-state index contributed by atoms with van der Waals surface area (Å²) in [7, 11) is -3.41. The van der Waals surface area contributed by atoms with Gasteiger partial charge in [-0.05, 0) is 35.0 Å². The number of sulfonamides is 1. The second kappa shape index (κ2) is 5.26. The van der Waals surface area contributed by atoms with E-state index in [1.54, 1.807) is 0 Å². The van der Waals surface area contributed by atoms with Crippen LogP contribution in [0, 0.1) is 0 Å². The molecule has 6 heteroatoms. The van der Waals surface area contributed by atoms with Crippen molar-refractivity contribution in [2.24, 2.45) is 5.14 Å². The summed E-state index contributed by atoms with van der Waals surface area (Å²) in [5.74, 6) is -0.0780. The van der Waals surface area contributed by atoms with Crippen molar-refractivity contribution < 1.29 is 8.42 Å². The van der Waals surface area contributed by atoms with Gasteiger partial charge in [-0.1, -0.05) is 28.1 Å². The quantitative estimate of drug-likeness (QED) is 0.904. The maximum atomic E-state index is 10.8. The van der Waals surface area contributed by atoms with Gasteiger partial charge in [0.05, 0.1) is 5.75 Å². The minimum atomic E-state index is -3.41. The van der Waals surface area contributed by atoms with Crippen molar-refractivity contribution in [3.63, 3.8) is 0 Å². The fourth-order valence-electron chi connectivity index (χ4n) is 1.66. The van der Waals surface area contributed by atoms with Crippen molar-refractivity contribution in [1.82, 2.24) is 0 Å². The van der Waals surface area contributed by atoms with Crippen LogP contribution in [0.4, 0.5) is 5.69 Å². The molecule has 0 aliphatic rings. The molecule has 18 heavy (non-hydrogen) atoms. The predicted octanol–water partition coefficient (Wildman–Crippen LogP) is 2.30. The molecule has 0 unspecified atom stereocenters. The van der Waals surface area contributed by atoms with Gasteiger partial charge in [0.15, 0.2) is 0 Å². The number of benzene rings is 2. The summed E-state index contributed by atoms with van der Waals surface area (Å²) in [6, 6.07) is 11.9. The standard InChI is InChI=1S/C12H13BrN2O2S/c13-11-3-1-10-8-12(4-2-9(10)7-11)15-5-6-18(14,16)17/h1-4,7-8,15H,5-6H2,(H2,14,16,17). The normalized spacial score (nSPS) is 11.7. The molecule has 0 spiro atoms. The first-order chi connectivity index (χ1) is 8.44. The molecule has 0 aliphatic heterocycles. The summed E-state index contributed by atoms with van der Waals surface area (Å²) in [5.41, 5.74) is 0.883. The fourth-order valence-corrected chi connectivity index (χ4v) is 2.43. The number of hydrogen-bond acceptors (Lipinski definition) is 3. The Morgan fingerprint density at radius 3 is 2.50 bits per heavy atom. The first-order valence-corrected chi connectivity index (χ1v) is 7.88. The molecular formula is C12H13BrN2O2S. The molecule has 0 aliphatic carbocycles. The van der Waals surface area contributed by atoms with Crippen LogP contribution < -0.4 is 10.5 Å². The number of halogens is 1. The highest BCUT2D eigenvalue weighted by molar-refractivity contribution is 9.10. The van der Waals surface area contributed by atoms with E-state index >= 15 is 0 Å². The smallest absolute Gasteiger partial charge is 0.210 e. The molecule has 2 aromatic rings. The molecule has 0 heterocycles. The van der Waals surface area contributed by atoms with E-state index < -0.39 is 10.0 Å². The Morgan fingerprint density at radius 1 is 1.11 bits per heavy atom. The monoisotopic (exact) mass is 328 g/mol. The van der Waals surface area contributed by atoms with Crippen molar-refractivity contribution in [2.45, 2.75) is 0 Å². The van der Waals surface area contributed by atoms with Crippen molar-refractivity contribution >= 4 is 42.4 Å². The molecule has 0 fully saturated rings. The number of rotatable bonds is 4. The van der Waals surface area contributed by atoms with E-state index in [1.807, 2.05) is 36.4 Å². The van der Waals surface area contributed by atoms with Crippen LogP contribution in [0.1, 0.15) is 0 Å². The first-order valence-electron chi connectivity index (χ1n) is 5.38. The van der Waals surface area contributed by atoms with Gasteiger partial charge < -0.3 is 5.32 Å². The lowest BCUT2D eigenvalue weighted by Gasteiger charge is -2.07. The molecule has 0 radical (unpaired) electrons. The Balaban J connectivity index is 2.13. The van der Waals surface area contributed by atoms with Crippen LogP contribution >= 0.6 is 15.9 Å². The lowest BCUT2D eigenvalue weighted by Crippen LogP contribution is -2.22. The van der Waals surface area contributed by atoms with Gasteiger partial charge in [0.25, 0.3) is 0 Å². The summed E-state index contributed by atoms with van der Waals surface area (Å²) < 4.78 is 22.6. The number of hydrogen-bond donors (Lipinski definition) is 2. The summed E-state index contributed by atoms with van der Waals surface area (Å²) in [4.78, 5) is 0. The molecule has 0 bridgehead atoms. The van der Waals surface area contributed by atoms with Crippen LogP contribution in [0.25, 0.3) is 10.8 Å². The molecule has 96 valence electrons. The molecule has 0 amide bonds. The zero-order valence-corrected chi connectivity index (χ0v) is 12.0. The Labute approximate surface area is 114 Å². The van der Waals surface area contributed by atoms with Gasteiger partial charge in [-0.3, -0.25) is 0 Å². The molecular weight excluding hydrogens is 316 g/mol. The van der Waals surface area contributed by atoms with Crippen molar-refractivity contribution in [2.75, 3.05) is 17.6 Å². The van der Waals surface area contributed by atoms with Crippen molar-refractivity contribution in [1.29, 1.82) is 0 Å². The van der Waals surface area contributed by atoms with Crippen LogP contribution in [0.5, 0.6) is 0 Å². The average molecular weight is 329 g/mol. The number of nitrogens with one attached hydrogen (secondary N) is 1. The Hall–Kier alpha value is -1.11. The van der Waals surface area contributed by atoms with Gasteiger partial charge in [0.2, 0.25) is 10.0 Å². The highest BCUT2D eigenvalue weighted by atomic mass is 79.9. The minimum absolute atomic E-state index is 0.0780. The highest BCUT2D eigenvalue weighted by Gasteiger charge is 2.02. The third-order valence-electron chi connectivity index (χ3n) is 2.52. The van der Waals surface area contributed by atoms with Gasteiger partial charge in [0, 0.05) is 16.7 Å². The first kappa shape index (κ1) is 13.3. The maximum absolute atomic E-state index is 10.8. The van der Waals surface area contributed by atoms with Crippen LogP contribution in [-0.4, -0.2) is 20.7 Å². The second-order valence-corrected chi connectivity index (χ2v) is 6.65. The van der Waals surface area contributed by atoms with E-state index in [4.69, 9.17) is 5.14 Å². The van der Waals surface area contributed by atoms with Crippen molar-refractivity contribution in [3.8, 4) is 0 Å². The van der Waals surface area contributed by atoms with Crippen LogP contribution in [0.2, 0.25) is 0 Å². The zero-order chi connectivity index (χ0) is 13.2. The van der Waals surface area contributed by atoms with Crippen LogP contribution in [-0.2, 0) is 10.0 Å². The van der Waals surface area contributed by atoms with Crippen molar-refractivity contribution in [3.05, 3.63) is 40.9 Å². The van der Waals surface area contributed by atoms with Crippen LogP contribution in [0.15, 0.2) is 40.9 Å². The lowest BCUT2D eigenvalue weighted by molar-refractivity contribution is 0.598. The average Bonchev–Trinajstić information content (AvgIpc) is 2.27. The third kappa shape index (κ3) is 3.69. The highest BCUT2D eigenvalue weighted by Crippen LogP contribution is 2.22. The lowest BCUT2D eigenvalue weighted by atomic mass is 10.1. The molecule has 2 aromatic carbocycles. The third-order valence-corrected chi connectivity index (χ3v) is 3.78. The van der Waals surface area contributed by atoms with E-state index in [1.165, 1.54) is 0 Å². The number of nitrogens with two attached hydrogens (primary N) is 1. The van der Waals surface area contributed by atoms with Gasteiger partial charge in [-0.2, -0.15) is 0 Å². The number of primary sulfonamides is 1. The zero-order valence-electron chi connectivity index (χ0n) is 9.56. The molecule has 0 atom stereocenters. The molecule has 3 N–H and O–H groups in total. The van der Waals surface area contributed by atoms with Gasteiger partial charge in [-0.25, -0.2) is 13.6 Å². The largest absolute Gasteiger partial charge is 0.384 e. The number of fused-ring (bicyclic) bond motifs is 1. The molecule has 2 rings (SSSR count). The SMILES string of the molecule is NS(=O)(=O)CCNc1ccc2cc(Br)ccc2c1. The fraction of sp³-hybridized carbons (Fsp3) is 0.167. The van der Waals surface area contributed by atoms with Gasteiger partial charge >= 0.3 is 0 Å². The summed E-state index contributed by atoms with van der Waals surface area (Å²) in [6.07, 6.45) is 0. The Morgan fingerprint density at radius 2 is 1.78 bits per heavy atom. The molecule has 0 saturated heterocycles. The second-order valence-electron chi connectivity index (χ2n) is 4.00. The van der Waals surface area contributed by atoms with E-state index in [0.29, 0.717) is 6.54 Å². The van der Waals surface area contributed by atoms with Gasteiger partial charge in [0.1, 0.15) is 0 Å². The topological polar surface area (TPSA) is 72.2 Å². The summed E-state index contributed by atoms with van der Waals surface area (Å²) in [6.45, 7) is 0.306. The van der Waals surface area contributed by atoms with Gasteiger partial charge in [-0.15, -0.1) is 0 Å².